The molecule has 0 unspecified atom stereocenters. The van der Waals surface area contributed by atoms with E-state index in [1.54, 1.807) is 0 Å². The van der Waals surface area contributed by atoms with Gasteiger partial charge < -0.3 is 11.5 Å². The molecule has 2 heteroatoms. The molecule has 4 N–H and O–H groups in total. The van der Waals surface area contributed by atoms with Gasteiger partial charge >= 0.3 is 0 Å². The summed E-state index contributed by atoms with van der Waals surface area (Å²) in [6, 6.07) is 4.19. The normalized spacial score (nSPS) is 10.3. The standard InChI is InChI=1S/C10H16N2/c1-7-3-4-8(2)10(6-12)9(7)5-11/h3-4H,5-6,11-12H2,1-2H3. The predicted octanol–water partition coefficient (Wildman–Crippen LogP) is 1.22. The van der Waals surface area contributed by atoms with Gasteiger partial charge in [-0.3, -0.25) is 0 Å². The first kappa shape index (κ1) is 9.23. The van der Waals surface area contributed by atoms with Crippen molar-refractivity contribution in [3.05, 3.63) is 34.4 Å². The van der Waals surface area contributed by atoms with E-state index in [2.05, 4.69) is 26.0 Å². The summed E-state index contributed by atoms with van der Waals surface area (Å²) in [6.45, 7) is 5.31. The van der Waals surface area contributed by atoms with Gasteiger partial charge in [-0.25, -0.2) is 0 Å². The number of hydrogen-bond acceptors (Lipinski definition) is 2. The van der Waals surface area contributed by atoms with Crippen LogP contribution in [0.3, 0.4) is 0 Å². The number of hydrogen-bond donors (Lipinski definition) is 2. The van der Waals surface area contributed by atoms with Gasteiger partial charge in [0.05, 0.1) is 0 Å². The number of benzene rings is 1. The lowest BCUT2D eigenvalue weighted by Gasteiger charge is -2.11. The van der Waals surface area contributed by atoms with Crippen molar-refractivity contribution in [3.8, 4) is 0 Å². The van der Waals surface area contributed by atoms with Crippen LogP contribution in [-0.4, -0.2) is 0 Å². The van der Waals surface area contributed by atoms with Crippen LogP contribution in [0.1, 0.15) is 22.3 Å². The van der Waals surface area contributed by atoms with Crippen molar-refractivity contribution in [1.29, 1.82) is 0 Å². The maximum absolute atomic E-state index is 5.64. The minimum Gasteiger partial charge on any atom is -0.326 e. The fourth-order valence-electron chi connectivity index (χ4n) is 1.50. The predicted molar refractivity (Wildman–Crippen MR) is 51.7 cm³/mol. The molecule has 12 heavy (non-hydrogen) atoms. The van der Waals surface area contributed by atoms with E-state index in [4.69, 9.17) is 11.5 Å². The highest BCUT2D eigenvalue weighted by Gasteiger charge is 2.04. The van der Waals surface area contributed by atoms with Gasteiger partial charge in [-0.15, -0.1) is 0 Å². The Morgan fingerprint density at radius 1 is 0.917 bits per heavy atom. The fourth-order valence-corrected chi connectivity index (χ4v) is 1.50. The molecule has 0 spiro atoms. The Kier molecular flexibility index (Phi) is 2.84. The summed E-state index contributed by atoms with van der Waals surface area (Å²) in [5, 5.41) is 0. The second-order valence-corrected chi connectivity index (χ2v) is 3.06. The Labute approximate surface area is 73.6 Å². The van der Waals surface area contributed by atoms with Crippen molar-refractivity contribution >= 4 is 0 Å². The third-order valence-electron chi connectivity index (χ3n) is 2.31. The third kappa shape index (κ3) is 1.49. The molecule has 0 fully saturated rings. The quantitative estimate of drug-likeness (QED) is 0.690. The molecule has 0 atom stereocenters. The minimum absolute atomic E-state index is 0.583. The number of rotatable bonds is 2. The van der Waals surface area contributed by atoms with Crippen molar-refractivity contribution in [2.24, 2.45) is 11.5 Å². The molecule has 0 bridgehead atoms. The zero-order valence-electron chi connectivity index (χ0n) is 7.72. The summed E-state index contributed by atoms with van der Waals surface area (Å²) >= 11 is 0. The maximum Gasteiger partial charge on any atom is 0.0184 e. The molecule has 0 aliphatic heterocycles. The Morgan fingerprint density at radius 3 is 1.50 bits per heavy atom. The first-order chi connectivity index (χ1) is 5.70. The summed E-state index contributed by atoms with van der Waals surface area (Å²) in [7, 11) is 0. The Morgan fingerprint density at radius 2 is 1.25 bits per heavy atom. The van der Waals surface area contributed by atoms with Crippen molar-refractivity contribution in [2.45, 2.75) is 26.9 Å². The first-order valence-electron chi connectivity index (χ1n) is 4.18. The lowest BCUT2D eigenvalue weighted by Crippen LogP contribution is -2.09. The third-order valence-corrected chi connectivity index (χ3v) is 2.31. The molecule has 1 aromatic rings. The summed E-state index contributed by atoms with van der Waals surface area (Å²) in [6.07, 6.45) is 0. The van der Waals surface area contributed by atoms with Crippen LogP contribution in [0, 0.1) is 13.8 Å². The molecule has 1 rings (SSSR count). The summed E-state index contributed by atoms with van der Waals surface area (Å²) in [5.74, 6) is 0. The molecule has 0 saturated heterocycles. The number of aryl methyl sites for hydroxylation is 2. The van der Waals surface area contributed by atoms with Gasteiger partial charge in [-0.2, -0.15) is 0 Å². The van der Waals surface area contributed by atoms with E-state index in [9.17, 15) is 0 Å². The summed E-state index contributed by atoms with van der Waals surface area (Å²) in [5.41, 5.74) is 16.2. The minimum atomic E-state index is 0.583. The van der Waals surface area contributed by atoms with Crippen LogP contribution in [0.4, 0.5) is 0 Å². The van der Waals surface area contributed by atoms with Crippen LogP contribution in [0.15, 0.2) is 12.1 Å². The average molecular weight is 164 g/mol. The first-order valence-corrected chi connectivity index (χ1v) is 4.18. The Hall–Kier alpha value is -0.860. The molecule has 0 aromatic heterocycles. The largest absolute Gasteiger partial charge is 0.326 e. The van der Waals surface area contributed by atoms with Gasteiger partial charge in [-0.05, 0) is 36.1 Å². The van der Waals surface area contributed by atoms with Gasteiger partial charge in [-0.1, -0.05) is 12.1 Å². The van der Waals surface area contributed by atoms with Crippen LogP contribution < -0.4 is 11.5 Å². The zero-order chi connectivity index (χ0) is 9.14. The van der Waals surface area contributed by atoms with Gasteiger partial charge in [0.25, 0.3) is 0 Å². The monoisotopic (exact) mass is 164 g/mol. The van der Waals surface area contributed by atoms with Crippen LogP contribution in [0.5, 0.6) is 0 Å². The van der Waals surface area contributed by atoms with Gasteiger partial charge in [0, 0.05) is 13.1 Å². The van der Waals surface area contributed by atoms with E-state index in [1.165, 1.54) is 22.3 Å². The smallest absolute Gasteiger partial charge is 0.0184 e. The Balaban J connectivity index is 3.28. The van der Waals surface area contributed by atoms with Gasteiger partial charge in [0.2, 0.25) is 0 Å². The van der Waals surface area contributed by atoms with Crippen LogP contribution >= 0.6 is 0 Å². The Bertz CT molecular complexity index is 250. The molecule has 0 heterocycles. The maximum atomic E-state index is 5.64. The SMILES string of the molecule is Cc1ccc(C)c(CN)c1CN. The van der Waals surface area contributed by atoms with E-state index in [0.29, 0.717) is 13.1 Å². The molecule has 0 aliphatic rings. The molecule has 0 saturated carbocycles. The topological polar surface area (TPSA) is 52.0 Å². The van der Waals surface area contributed by atoms with E-state index < -0.39 is 0 Å². The molecule has 1 aromatic carbocycles. The van der Waals surface area contributed by atoms with Crippen molar-refractivity contribution in [3.63, 3.8) is 0 Å². The van der Waals surface area contributed by atoms with Crippen LogP contribution in [0.25, 0.3) is 0 Å². The molecule has 2 nitrogen and oxygen atoms in total. The lowest BCUT2D eigenvalue weighted by atomic mass is 9.97. The van der Waals surface area contributed by atoms with Gasteiger partial charge in [0.1, 0.15) is 0 Å². The molecular weight excluding hydrogens is 148 g/mol. The van der Waals surface area contributed by atoms with E-state index in [0.717, 1.165) is 0 Å². The second kappa shape index (κ2) is 3.70. The summed E-state index contributed by atoms with van der Waals surface area (Å²) in [4.78, 5) is 0. The molecule has 66 valence electrons. The average Bonchev–Trinajstić information content (AvgIpc) is 2.08. The van der Waals surface area contributed by atoms with Crippen LogP contribution in [-0.2, 0) is 13.1 Å². The highest BCUT2D eigenvalue weighted by molar-refractivity contribution is 5.39. The van der Waals surface area contributed by atoms with E-state index in [1.807, 2.05) is 0 Å². The zero-order valence-corrected chi connectivity index (χ0v) is 7.72. The van der Waals surface area contributed by atoms with E-state index in [-0.39, 0.29) is 0 Å². The highest BCUT2D eigenvalue weighted by atomic mass is 14.6. The lowest BCUT2D eigenvalue weighted by molar-refractivity contribution is 0.951. The van der Waals surface area contributed by atoms with Crippen molar-refractivity contribution in [1.82, 2.24) is 0 Å². The fraction of sp³-hybridized carbons (Fsp3) is 0.400. The summed E-state index contributed by atoms with van der Waals surface area (Å²) < 4.78 is 0. The second-order valence-electron chi connectivity index (χ2n) is 3.06. The molecule has 0 radical (unpaired) electrons. The molecular formula is C10H16N2. The van der Waals surface area contributed by atoms with Crippen molar-refractivity contribution in [2.75, 3.05) is 0 Å². The van der Waals surface area contributed by atoms with Crippen molar-refractivity contribution < 1.29 is 0 Å². The molecule has 0 amide bonds. The number of nitrogens with two attached hydrogens (primary N) is 2. The van der Waals surface area contributed by atoms with Crippen LogP contribution in [0.2, 0.25) is 0 Å². The molecule has 0 aliphatic carbocycles. The van der Waals surface area contributed by atoms with E-state index >= 15 is 0 Å². The van der Waals surface area contributed by atoms with Gasteiger partial charge in [0.15, 0.2) is 0 Å². The highest BCUT2D eigenvalue weighted by Crippen LogP contribution is 2.17.